The fourth-order valence-corrected chi connectivity index (χ4v) is 13.0. The summed E-state index contributed by atoms with van der Waals surface area (Å²) in [6.45, 7) is 0. The Labute approximate surface area is 379 Å². The van der Waals surface area contributed by atoms with Gasteiger partial charge in [-0.25, -0.2) is 0 Å². The second-order valence-electron chi connectivity index (χ2n) is 19.0. The van der Waals surface area contributed by atoms with Crippen LogP contribution in [-0.4, -0.2) is 0 Å². The molecule has 3 unspecified atom stereocenters. The van der Waals surface area contributed by atoms with Crippen LogP contribution >= 0.6 is 0 Å². The first-order valence-electron chi connectivity index (χ1n) is 23.9. The molecule has 0 N–H and O–H groups in total. The van der Waals surface area contributed by atoms with Crippen LogP contribution in [0.4, 0.5) is 0 Å². The molecule has 6 aliphatic rings. The minimum atomic E-state index is -0.207. The van der Waals surface area contributed by atoms with Gasteiger partial charge in [0.15, 0.2) is 0 Å². The third-order valence-electron chi connectivity index (χ3n) is 15.7. The molecule has 0 spiro atoms. The van der Waals surface area contributed by atoms with Gasteiger partial charge in [-0.2, -0.15) is 0 Å². The van der Waals surface area contributed by atoms with Gasteiger partial charge in [0.05, 0.1) is 0 Å². The number of fused-ring (bicyclic) bond motifs is 10. The Morgan fingerprint density at radius 1 is 0.523 bits per heavy atom. The number of hydrogen-bond donors (Lipinski definition) is 0. The molecular formula is C63H48O2. The van der Waals surface area contributed by atoms with Gasteiger partial charge in [-0.05, 0) is 147 Å². The van der Waals surface area contributed by atoms with Crippen LogP contribution in [-0.2, 0) is 6.42 Å². The average Bonchev–Trinajstić information content (AvgIpc) is 4.03. The summed E-state index contributed by atoms with van der Waals surface area (Å²) in [7, 11) is 0. The van der Waals surface area contributed by atoms with Crippen LogP contribution < -0.4 is 0 Å². The molecule has 0 bridgehead atoms. The summed E-state index contributed by atoms with van der Waals surface area (Å²) in [5.74, 6) is 1.85. The Morgan fingerprint density at radius 3 is 2.06 bits per heavy atom. The molecule has 0 amide bonds. The highest BCUT2D eigenvalue weighted by molar-refractivity contribution is 6.17. The van der Waals surface area contributed by atoms with Crippen LogP contribution in [0.1, 0.15) is 61.8 Å². The minimum absolute atomic E-state index is 0.207. The largest absolute Gasteiger partial charge is 0.460 e. The van der Waals surface area contributed by atoms with Gasteiger partial charge in [0.2, 0.25) is 0 Å². The van der Waals surface area contributed by atoms with Crippen molar-refractivity contribution in [2.45, 2.75) is 51.4 Å². The van der Waals surface area contributed by atoms with E-state index in [1.165, 1.54) is 71.5 Å². The predicted octanol–water partition coefficient (Wildman–Crippen LogP) is 17.3. The van der Waals surface area contributed by atoms with Crippen molar-refractivity contribution in [1.29, 1.82) is 0 Å². The molecule has 2 heteroatoms. The summed E-state index contributed by atoms with van der Waals surface area (Å²) in [6.07, 6.45) is 40.0. The molecule has 0 fully saturated rings. The second kappa shape index (κ2) is 14.4. The van der Waals surface area contributed by atoms with E-state index in [4.69, 9.17) is 8.83 Å². The van der Waals surface area contributed by atoms with Gasteiger partial charge in [-0.1, -0.05) is 157 Å². The van der Waals surface area contributed by atoms with E-state index in [2.05, 4.69) is 182 Å². The van der Waals surface area contributed by atoms with Gasteiger partial charge in [0, 0.05) is 45.4 Å². The van der Waals surface area contributed by atoms with Gasteiger partial charge in [0.25, 0.3) is 0 Å². The quantitative estimate of drug-likeness (QED) is 0.161. The number of hydrogen-bond acceptors (Lipinski definition) is 2. The van der Waals surface area contributed by atoms with Crippen molar-refractivity contribution in [3.8, 4) is 22.3 Å². The van der Waals surface area contributed by atoms with E-state index in [1.54, 1.807) is 16.7 Å². The number of rotatable bonds is 5. The number of furan rings is 2. The Hall–Kier alpha value is -7.16. The van der Waals surface area contributed by atoms with Crippen molar-refractivity contribution in [3.05, 3.63) is 215 Å². The molecular weight excluding hydrogens is 789 g/mol. The van der Waals surface area contributed by atoms with Crippen LogP contribution in [0.2, 0.25) is 0 Å². The first-order chi connectivity index (χ1) is 32.2. The normalized spacial score (nSPS) is 22.2. The first kappa shape index (κ1) is 37.2. The summed E-state index contributed by atoms with van der Waals surface area (Å²) >= 11 is 0. The lowest BCUT2D eigenvalue weighted by Crippen LogP contribution is -2.35. The van der Waals surface area contributed by atoms with E-state index < -0.39 is 0 Å². The molecule has 2 nitrogen and oxygen atoms in total. The van der Waals surface area contributed by atoms with Gasteiger partial charge in [-0.3, -0.25) is 0 Å². The SMILES string of the molecule is C1=CCCC(C2(C3=CCCC=C3)C3=C(CCC(c4c5cccc(-c6ccc7oc8c(c7c6)C=CCC8)c5cc5c(-c6ccc7oc8ccccc8c7c6)cccc45)=C3)C3C=CC=CC32)=C1. The van der Waals surface area contributed by atoms with Gasteiger partial charge < -0.3 is 8.83 Å². The summed E-state index contributed by atoms with van der Waals surface area (Å²) in [5, 5.41) is 8.67. The third kappa shape index (κ3) is 5.47. The van der Waals surface area contributed by atoms with E-state index in [0.717, 1.165) is 84.6 Å². The Kier molecular flexibility index (Phi) is 8.26. The Morgan fingerprint density at radius 2 is 1.26 bits per heavy atom. The average molecular weight is 837 g/mol. The predicted molar refractivity (Wildman–Crippen MR) is 272 cm³/mol. The van der Waals surface area contributed by atoms with Crippen molar-refractivity contribution in [1.82, 2.24) is 0 Å². The Balaban J connectivity index is 1.05. The maximum atomic E-state index is 6.42. The lowest BCUT2D eigenvalue weighted by Gasteiger charge is -2.43. The van der Waals surface area contributed by atoms with E-state index in [1.807, 2.05) is 0 Å². The fraction of sp³-hybridized carbons (Fsp3) is 0.175. The van der Waals surface area contributed by atoms with Crippen LogP contribution in [0.25, 0.3) is 88.4 Å². The van der Waals surface area contributed by atoms with Crippen LogP contribution in [0.5, 0.6) is 0 Å². The fourth-order valence-electron chi connectivity index (χ4n) is 13.0. The number of aryl methyl sites for hydroxylation is 1. The molecule has 0 radical (unpaired) electrons. The molecule has 0 saturated heterocycles. The highest BCUT2D eigenvalue weighted by Gasteiger charge is 2.55. The van der Waals surface area contributed by atoms with Crippen molar-refractivity contribution in [3.63, 3.8) is 0 Å². The molecule has 312 valence electrons. The van der Waals surface area contributed by atoms with E-state index in [9.17, 15) is 0 Å². The van der Waals surface area contributed by atoms with Gasteiger partial charge in [-0.15, -0.1) is 0 Å². The molecule has 0 saturated carbocycles. The molecule has 65 heavy (non-hydrogen) atoms. The summed E-state index contributed by atoms with van der Waals surface area (Å²) in [4.78, 5) is 0. The van der Waals surface area contributed by atoms with E-state index >= 15 is 0 Å². The zero-order valence-electron chi connectivity index (χ0n) is 36.4. The maximum Gasteiger partial charge on any atom is 0.135 e. The van der Waals surface area contributed by atoms with Crippen molar-refractivity contribution >= 4 is 66.1 Å². The monoisotopic (exact) mass is 836 g/mol. The number of allylic oxidation sites excluding steroid dienone is 17. The molecule has 2 heterocycles. The molecule has 2 aromatic heterocycles. The highest BCUT2D eigenvalue weighted by Crippen LogP contribution is 2.65. The molecule has 3 atom stereocenters. The minimum Gasteiger partial charge on any atom is -0.460 e. The second-order valence-corrected chi connectivity index (χ2v) is 19.0. The van der Waals surface area contributed by atoms with Crippen molar-refractivity contribution in [2.75, 3.05) is 0 Å². The summed E-state index contributed by atoms with van der Waals surface area (Å²) in [6, 6.07) is 38.5. The summed E-state index contributed by atoms with van der Waals surface area (Å²) in [5.41, 5.74) is 17.8. The smallest absolute Gasteiger partial charge is 0.135 e. The van der Waals surface area contributed by atoms with Crippen LogP contribution in [0.3, 0.4) is 0 Å². The molecule has 14 rings (SSSR count). The first-order valence-corrected chi connectivity index (χ1v) is 23.9. The molecule has 6 aliphatic carbocycles. The lowest BCUT2D eigenvalue weighted by atomic mass is 9.59. The van der Waals surface area contributed by atoms with Crippen LogP contribution in [0.15, 0.2) is 207 Å². The zero-order valence-corrected chi connectivity index (χ0v) is 36.4. The maximum absolute atomic E-state index is 6.42. The van der Waals surface area contributed by atoms with Crippen molar-refractivity contribution < 1.29 is 8.83 Å². The van der Waals surface area contributed by atoms with Crippen molar-refractivity contribution in [2.24, 2.45) is 17.3 Å². The summed E-state index contributed by atoms with van der Waals surface area (Å²) < 4.78 is 12.8. The third-order valence-corrected chi connectivity index (χ3v) is 15.7. The topological polar surface area (TPSA) is 26.3 Å². The van der Waals surface area contributed by atoms with Gasteiger partial charge >= 0.3 is 0 Å². The number of para-hydroxylation sites is 1. The Bertz CT molecular complexity index is 3670. The van der Waals surface area contributed by atoms with Crippen LogP contribution in [0, 0.1) is 17.3 Å². The highest BCUT2D eigenvalue weighted by atomic mass is 16.3. The van der Waals surface area contributed by atoms with E-state index in [-0.39, 0.29) is 5.41 Å². The molecule has 6 aromatic carbocycles. The molecule has 8 aromatic rings. The van der Waals surface area contributed by atoms with E-state index in [0.29, 0.717) is 11.8 Å². The molecule has 0 aliphatic heterocycles. The zero-order chi connectivity index (χ0) is 42.6. The number of benzene rings is 6. The van der Waals surface area contributed by atoms with Gasteiger partial charge in [0.1, 0.15) is 22.5 Å². The standard InChI is InChI=1S/C63H48O2/c1-3-15-42(16-4-1)63(43-17-5-2-6-18-43)56-26-10-7-19-46(56)47-32-29-41(37-57(47)63)62-50-24-13-22-44(39-30-33-60-54(35-39)48-20-8-11-27-58(48)64-60)52(50)38-53-45(23-14-25-51(53)62)40-31-34-61-55(36-40)49-21-9-12-28-59(49)65-61/h1,3,5,7-11,13-15,17-27,30-31,33-38,46,56H,2,4,6,12,16,28-29,32H2. The lowest BCUT2D eigenvalue weighted by molar-refractivity contribution is 0.361.